The molecule has 0 unspecified atom stereocenters. The molecular weight excluding hydrogens is 214 g/mol. The molecule has 0 saturated heterocycles. The number of halogens is 1. The van der Waals surface area contributed by atoms with Crippen LogP contribution in [0.1, 0.15) is 24.6 Å². The van der Waals surface area contributed by atoms with E-state index in [4.69, 9.17) is 16.3 Å². The summed E-state index contributed by atoms with van der Waals surface area (Å²) in [6, 6.07) is 3.77. The standard InChI is InChI=1S/C11H14ClNO2/c1-2-15-11(14)4-3-10-7-9(8-12)5-6-13-10/h5-7H,2-4,8H2,1H3. The minimum absolute atomic E-state index is 0.185. The molecule has 0 atom stereocenters. The normalized spacial score (nSPS) is 10.0. The number of rotatable bonds is 5. The maximum absolute atomic E-state index is 11.1. The summed E-state index contributed by atoms with van der Waals surface area (Å²) < 4.78 is 4.83. The number of carbonyl (C=O) groups excluding carboxylic acids is 1. The zero-order chi connectivity index (χ0) is 11.1. The average Bonchev–Trinajstić information content (AvgIpc) is 2.27. The monoisotopic (exact) mass is 227 g/mol. The van der Waals surface area contributed by atoms with Crippen LogP contribution in [0, 0.1) is 0 Å². The SMILES string of the molecule is CCOC(=O)CCc1cc(CCl)ccn1. The summed E-state index contributed by atoms with van der Waals surface area (Å²) in [7, 11) is 0. The van der Waals surface area contributed by atoms with Crippen LogP contribution in [0.25, 0.3) is 0 Å². The van der Waals surface area contributed by atoms with Crippen LogP contribution in [-0.2, 0) is 21.8 Å². The Bertz CT molecular complexity index is 328. The molecule has 0 aliphatic carbocycles. The van der Waals surface area contributed by atoms with Gasteiger partial charge < -0.3 is 4.74 Å². The third kappa shape index (κ3) is 4.30. The number of alkyl halides is 1. The molecule has 0 N–H and O–H groups in total. The van der Waals surface area contributed by atoms with E-state index in [0.29, 0.717) is 25.3 Å². The molecule has 4 heteroatoms. The second kappa shape index (κ2) is 6.40. The van der Waals surface area contributed by atoms with Gasteiger partial charge in [0.25, 0.3) is 0 Å². The summed E-state index contributed by atoms with van der Waals surface area (Å²) in [6.07, 6.45) is 2.67. The van der Waals surface area contributed by atoms with Gasteiger partial charge in [-0.1, -0.05) is 0 Å². The van der Waals surface area contributed by atoms with E-state index in [1.165, 1.54) is 0 Å². The van der Waals surface area contributed by atoms with Crippen molar-refractivity contribution in [3.05, 3.63) is 29.6 Å². The summed E-state index contributed by atoms with van der Waals surface area (Å²) in [5.74, 6) is 0.283. The smallest absolute Gasteiger partial charge is 0.306 e. The van der Waals surface area contributed by atoms with Crippen LogP contribution < -0.4 is 0 Å². The van der Waals surface area contributed by atoms with Gasteiger partial charge in [0, 0.05) is 24.2 Å². The van der Waals surface area contributed by atoms with Gasteiger partial charge in [-0.05, 0) is 24.6 Å². The number of hydrogen-bond acceptors (Lipinski definition) is 3. The fourth-order valence-electron chi connectivity index (χ4n) is 1.21. The largest absolute Gasteiger partial charge is 0.466 e. The number of aryl methyl sites for hydroxylation is 1. The highest BCUT2D eigenvalue weighted by Gasteiger charge is 2.03. The van der Waals surface area contributed by atoms with E-state index in [-0.39, 0.29) is 5.97 Å². The number of esters is 1. The van der Waals surface area contributed by atoms with Crippen LogP contribution in [0.5, 0.6) is 0 Å². The van der Waals surface area contributed by atoms with Gasteiger partial charge in [0.05, 0.1) is 13.0 Å². The van der Waals surface area contributed by atoms with Gasteiger partial charge in [0.2, 0.25) is 0 Å². The first kappa shape index (κ1) is 12.0. The zero-order valence-corrected chi connectivity index (χ0v) is 9.46. The summed E-state index contributed by atoms with van der Waals surface area (Å²) in [5, 5.41) is 0. The molecule has 1 rings (SSSR count). The van der Waals surface area contributed by atoms with Crippen molar-refractivity contribution in [3.63, 3.8) is 0 Å². The molecule has 0 aromatic carbocycles. The predicted octanol–water partition coefficient (Wildman–Crippen LogP) is 2.32. The van der Waals surface area contributed by atoms with Gasteiger partial charge in [-0.3, -0.25) is 9.78 Å². The molecule has 15 heavy (non-hydrogen) atoms. The van der Waals surface area contributed by atoms with E-state index in [1.807, 2.05) is 12.1 Å². The van der Waals surface area contributed by atoms with Crippen molar-refractivity contribution in [1.29, 1.82) is 0 Å². The van der Waals surface area contributed by atoms with E-state index in [9.17, 15) is 4.79 Å². The number of nitrogens with zero attached hydrogens (tertiary/aromatic N) is 1. The average molecular weight is 228 g/mol. The molecule has 0 aliphatic heterocycles. The van der Waals surface area contributed by atoms with Crippen molar-refractivity contribution < 1.29 is 9.53 Å². The lowest BCUT2D eigenvalue weighted by molar-refractivity contribution is -0.143. The van der Waals surface area contributed by atoms with Crippen LogP contribution in [0.3, 0.4) is 0 Å². The van der Waals surface area contributed by atoms with Crippen LogP contribution in [0.2, 0.25) is 0 Å². The summed E-state index contributed by atoms with van der Waals surface area (Å²) in [4.78, 5) is 15.2. The van der Waals surface area contributed by atoms with Gasteiger partial charge in [-0.25, -0.2) is 0 Å². The van der Waals surface area contributed by atoms with Crippen LogP contribution in [-0.4, -0.2) is 17.6 Å². The van der Waals surface area contributed by atoms with Crippen molar-refractivity contribution in [2.75, 3.05) is 6.61 Å². The molecule has 3 nitrogen and oxygen atoms in total. The van der Waals surface area contributed by atoms with E-state index in [1.54, 1.807) is 13.1 Å². The Hall–Kier alpha value is -1.09. The summed E-state index contributed by atoms with van der Waals surface area (Å²) >= 11 is 5.69. The van der Waals surface area contributed by atoms with Crippen LogP contribution in [0.15, 0.2) is 18.3 Å². The Kier molecular flexibility index (Phi) is 5.12. The molecule has 1 aromatic rings. The summed E-state index contributed by atoms with van der Waals surface area (Å²) in [5.41, 5.74) is 1.90. The number of hydrogen-bond donors (Lipinski definition) is 0. The van der Waals surface area contributed by atoms with Crippen molar-refractivity contribution >= 4 is 17.6 Å². The Morgan fingerprint density at radius 2 is 2.40 bits per heavy atom. The Balaban J connectivity index is 2.46. The molecule has 0 bridgehead atoms. The fourth-order valence-corrected chi connectivity index (χ4v) is 1.38. The highest BCUT2D eigenvalue weighted by atomic mass is 35.5. The quantitative estimate of drug-likeness (QED) is 0.573. The summed E-state index contributed by atoms with van der Waals surface area (Å²) in [6.45, 7) is 2.22. The third-order valence-electron chi connectivity index (χ3n) is 1.93. The van der Waals surface area contributed by atoms with Gasteiger partial charge >= 0.3 is 5.97 Å². The molecule has 0 aliphatic rings. The van der Waals surface area contributed by atoms with Crippen molar-refractivity contribution in [1.82, 2.24) is 4.98 Å². The number of aromatic nitrogens is 1. The lowest BCUT2D eigenvalue weighted by Gasteiger charge is -2.02. The number of carbonyl (C=O) groups is 1. The highest BCUT2D eigenvalue weighted by Crippen LogP contribution is 2.07. The first-order valence-electron chi connectivity index (χ1n) is 4.91. The van der Waals surface area contributed by atoms with Gasteiger partial charge in [0.1, 0.15) is 0 Å². The van der Waals surface area contributed by atoms with Crippen molar-refractivity contribution in [2.45, 2.75) is 25.6 Å². The van der Waals surface area contributed by atoms with E-state index in [0.717, 1.165) is 11.3 Å². The predicted molar refractivity (Wildman–Crippen MR) is 58.7 cm³/mol. The van der Waals surface area contributed by atoms with Crippen LogP contribution in [0.4, 0.5) is 0 Å². The third-order valence-corrected chi connectivity index (χ3v) is 2.23. The van der Waals surface area contributed by atoms with Crippen molar-refractivity contribution in [2.24, 2.45) is 0 Å². The molecule has 0 spiro atoms. The zero-order valence-electron chi connectivity index (χ0n) is 8.70. The number of pyridine rings is 1. The van der Waals surface area contributed by atoms with E-state index < -0.39 is 0 Å². The van der Waals surface area contributed by atoms with Gasteiger partial charge in [-0.15, -0.1) is 11.6 Å². The topological polar surface area (TPSA) is 39.2 Å². The molecule has 0 saturated carbocycles. The first-order chi connectivity index (χ1) is 7.26. The van der Waals surface area contributed by atoms with Gasteiger partial charge in [0.15, 0.2) is 0 Å². The highest BCUT2D eigenvalue weighted by molar-refractivity contribution is 6.17. The van der Waals surface area contributed by atoms with Crippen molar-refractivity contribution in [3.8, 4) is 0 Å². The Morgan fingerprint density at radius 1 is 1.60 bits per heavy atom. The maximum Gasteiger partial charge on any atom is 0.306 e. The van der Waals surface area contributed by atoms with Gasteiger partial charge in [-0.2, -0.15) is 0 Å². The fraction of sp³-hybridized carbons (Fsp3) is 0.455. The molecule has 1 heterocycles. The maximum atomic E-state index is 11.1. The molecule has 0 amide bonds. The second-order valence-corrected chi connectivity index (χ2v) is 3.36. The van der Waals surface area contributed by atoms with E-state index >= 15 is 0 Å². The van der Waals surface area contributed by atoms with E-state index in [2.05, 4.69) is 4.98 Å². The Morgan fingerprint density at radius 3 is 3.07 bits per heavy atom. The lowest BCUT2D eigenvalue weighted by atomic mass is 10.2. The number of ether oxygens (including phenoxy) is 1. The molecule has 1 aromatic heterocycles. The molecular formula is C11H14ClNO2. The minimum atomic E-state index is -0.185. The molecule has 82 valence electrons. The molecule has 0 fully saturated rings. The first-order valence-corrected chi connectivity index (χ1v) is 5.45. The lowest BCUT2D eigenvalue weighted by Crippen LogP contribution is -2.05. The second-order valence-electron chi connectivity index (χ2n) is 3.09. The van der Waals surface area contributed by atoms with Crippen LogP contribution >= 0.6 is 11.6 Å². The minimum Gasteiger partial charge on any atom is -0.466 e. The Labute approximate surface area is 94.4 Å². The molecule has 0 radical (unpaired) electrons.